The number of carbonyl (C=O) groups is 8. The highest BCUT2D eigenvalue weighted by atomic mass is 16.6. The van der Waals surface area contributed by atoms with Crippen LogP contribution in [0.25, 0.3) is 11.1 Å². The second kappa shape index (κ2) is 31.6. The van der Waals surface area contributed by atoms with Crippen molar-refractivity contribution in [3.05, 3.63) is 47.5 Å². The first-order valence-electron chi connectivity index (χ1n) is 25.7. The van der Waals surface area contributed by atoms with E-state index < -0.39 is 90.4 Å². The average Bonchev–Trinajstić information content (AvgIpc) is 3.33. The number of benzene rings is 2. The zero-order valence-corrected chi connectivity index (χ0v) is 43.7. The number of amides is 5. The largest absolute Gasteiger partial charge is 0.483 e. The van der Waals surface area contributed by atoms with Crippen LogP contribution >= 0.6 is 0 Å². The van der Waals surface area contributed by atoms with Crippen LogP contribution < -0.4 is 31.2 Å². The number of fused-ring (bicyclic) bond motifs is 5. The average molecular weight is 1010 g/mol. The minimum absolute atomic E-state index is 0.0218. The van der Waals surface area contributed by atoms with E-state index in [0.717, 1.165) is 25.7 Å². The molecule has 5 amide bonds. The molecule has 3 rings (SSSR count). The molecule has 4 atom stereocenters. The molecular weight excluding hydrogens is 935 g/mol. The maximum Gasteiger partial charge on any atom is 0.407 e. The summed E-state index contributed by atoms with van der Waals surface area (Å²) in [5.74, 6) is -5.57. The zero-order chi connectivity index (χ0) is 53.9. The number of primary amides is 1. The Balaban J connectivity index is 2.13. The van der Waals surface area contributed by atoms with Gasteiger partial charge in [0.2, 0.25) is 11.8 Å². The van der Waals surface area contributed by atoms with Gasteiger partial charge in [0.1, 0.15) is 35.5 Å². The second-order valence-corrected chi connectivity index (χ2v) is 19.8. The third-order valence-corrected chi connectivity index (χ3v) is 12.4. The van der Waals surface area contributed by atoms with Gasteiger partial charge in [0.25, 0.3) is 11.8 Å². The van der Waals surface area contributed by atoms with E-state index in [2.05, 4.69) is 22.9 Å². The Morgan fingerprint density at radius 2 is 1.44 bits per heavy atom. The summed E-state index contributed by atoms with van der Waals surface area (Å²) in [4.78, 5) is 110. The predicted molar refractivity (Wildman–Crippen MR) is 274 cm³/mol. The van der Waals surface area contributed by atoms with Crippen LogP contribution in [0.3, 0.4) is 0 Å². The van der Waals surface area contributed by atoms with E-state index in [4.69, 9.17) is 25.2 Å². The van der Waals surface area contributed by atoms with Crippen LogP contribution in [-0.2, 0) is 44.7 Å². The molecule has 2 aromatic rings. The molecule has 2 aromatic carbocycles. The first-order chi connectivity index (χ1) is 34.8. The highest BCUT2D eigenvalue weighted by Gasteiger charge is 2.36. The van der Waals surface area contributed by atoms with Crippen LogP contribution in [0, 0.1) is 34.5 Å². The minimum Gasteiger partial charge on any atom is -0.483 e. The van der Waals surface area contributed by atoms with Gasteiger partial charge >= 0.3 is 6.09 Å². The fraction of sp³-hybridized carbons (Fsp3) is 0.600. The molecule has 5 N–H and O–H groups in total. The number of nitrogens with one attached hydrogen (secondary N) is 3. The van der Waals surface area contributed by atoms with Crippen molar-refractivity contribution < 1.29 is 52.6 Å². The Morgan fingerprint density at radius 3 is 2.05 bits per heavy atom. The number of alkyl carbamates (subject to hydrolysis) is 1. The number of hydrogen-bond donors (Lipinski definition) is 4. The Bertz CT molecular complexity index is 2300. The topological polar surface area (TPSA) is 277 Å². The van der Waals surface area contributed by atoms with Crippen molar-refractivity contribution in [2.75, 3.05) is 33.4 Å². The number of likely N-dealkylation sites (N-methyl/N-ethyl adjacent to an activating group) is 1. The Hall–Kier alpha value is -6.82. The summed E-state index contributed by atoms with van der Waals surface area (Å²) < 4.78 is 17.3. The van der Waals surface area contributed by atoms with E-state index in [1.165, 1.54) is 75.6 Å². The first-order valence-corrected chi connectivity index (χ1v) is 25.7. The van der Waals surface area contributed by atoms with Crippen molar-refractivity contribution in [1.82, 2.24) is 20.9 Å². The molecule has 0 aromatic heterocycles. The summed E-state index contributed by atoms with van der Waals surface area (Å²) in [5, 5.41) is 26.2. The van der Waals surface area contributed by atoms with Crippen LogP contribution in [0.4, 0.5) is 4.79 Å². The highest BCUT2D eigenvalue weighted by molar-refractivity contribution is 5.96. The molecule has 0 spiro atoms. The summed E-state index contributed by atoms with van der Waals surface area (Å²) in [7, 11) is 1.43. The van der Waals surface area contributed by atoms with Crippen molar-refractivity contribution in [3.8, 4) is 34.8 Å². The van der Waals surface area contributed by atoms with Gasteiger partial charge in [0, 0.05) is 68.7 Å². The van der Waals surface area contributed by atoms with Crippen LogP contribution in [0.1, 0.15) is 161 Å². The number of carbonyl (C=O) groups excluding carboxylic acids is 8. The van der Waals surface area contributed by atoms with Crippen LogP contribution in [-0.4, -0.2) is 97.0 Å². The number of hydrogen-bond acceptors (Lipinski definition) is 13. The van der Waals surface area contributed by atoms with Crippen molar-refractivity contribution in [1.29, 1.82) is 10.5 Å². The lowest BCUT2D eigenvalue weighted by atomic mass is 9.88. The molecule has 4 bridgehead atoms. The lowest BCUT2D eigenvalue weighted by molar-refractivity contribution is -0.144. The molecule has 1 aliphatic heterocycles. The molecule has 0 saturated carbocycles. The normalized spacial score (nSPS) is 16.0. The zero-order valence-electron chi connectivity index (χ0n) is 43.7. The molecular formula is C55H77N7O11. The van der Waals surface area contributed by atoms with E-state index in [1.54, 1.807) is 39.0 Å². The summed E-state index contributed by atoms with van der Waals surface area (Å²) in [6, 6.07) is 10.6. The molecule has 73 heavy (non-hydrogen) atoms. The van der Waals surface area contributed by atoms with Crippen molar-refractivity contribution in [2.45, 2.75) is 168 Å². The number of ketones is 3. The lowest BCUT2D eigenvalue weighted by Crippen LogP contribution is -2.46. The molecule has 398 valence electrons. The number of nitrogens with two attached hydrogens (primary N) is 1. The van der Waals surface area contributed by atoms with Gasteiger partial charge in [-0.25, -0.2) is 4.79 Å². The molecule has 0 fully saturated rings. The predicted octanol–water partition coefficient (Wildman–Crippen LogP) is 7.44. The first kappa shape index (κ1) is 60.5. The van der Waals surface area contributed by atoms with Crippen molar-refractivity contribution >= 4 is 47.1 Å². The summed E-state index contributed by atoms with van der Waals surface area (Å²) in [6.07, 6.45) is 10.8. The Kier molecular flexibility index (Phi) is 26.2. The SMILES string of the molecule is CCCCCCCCCCCCCC(=O)C[C@@H](CCNC(=O)OC(C)(C)C)C(=O)N(C)[C@@H]1C(=O)C[C@@H](C)C(=O)N[C@H](C(=O)CCC#N)Cc2ccc(OCC(=O)NCC#N)c(c2)-c2cc1ccc2OCC(N)=O. The lowest BCUT2D eigenvalue weighted by Gasteiger charge is -2.32. The number of nitrogens with zero attached hydrogens (tertiary/aromatic N) is 3. The molecule has 0 radical (unpaired) electrons. The van der Waals surface area contributed by atoms with Gasteiger partial charge in [-0.1, -0.05) is 90.2 Å². The van der Waals surface area contributed by atoms with Gasteiger partial charge in [0.15, 0.2) is 24.8 Å². The van der Waals surface area contributed by atoms with E-state index in [1.807, 2.05) is 12.1 Å². The fourth-order valence-electron chi connectivity index (χ4n) is 8.61. The highest BCUT2D eigenvalue weighted by Crippen LogP contribution is 2.41. The smallest absolute Gasteiger partial charge is 0.407 e. The third-order valence-electron chi connectivity index (χ3n) is 12.4. The minimum atomic E-state index is -1.39. The van der Waals surface area contributed by atoms with Gasteiger partial charge in [-0.15, -0.1) is 0 Å². The summed E-state index contributed by atoms with van der Waals surface area (Å²) in [5.41, 5.74) is 5.95. The second-order valence-electron chi connectivity index (χ2n) is 19.8. The van der Waals surface area contributed by atoms with Crippen molar-refractivity contribution in [2.24, 2.45) is 17.6 Å². The molecule has 1 aliphatic rings. The van der Waals surface area contributed by atoms with Gasteiger partial charge in [-0.3, -0.25) is 33.6 Å². The van der Waals surface area contributed by atoms with Gasteiger partial charge in [0.05, 0.1) is 18.2 Å². The van der Waals surface area contributed by atoms with E-state index in [-0.39, 0.29) is 85.6 Å². The number of rotatable bonds is 29. The summed E-state index contributed by atoms with van der Waals surface area (Å²) in [6.45, 7) is 7.47. The third kappa shape index (κ3) is 21.8. The Morgan fingerprint density at radius 1 is 0.822 bits per heavy atom. The standard InChI is InChI=1S/C55H77N7O11/c1-7-8-9-10-11-12-13-14-15-16-17-19-41(63)33-40(25-28-60-54(70)73-55(3,4)5)53(69)62(6)51-39-22-24-48(71-35-49(58)66)43(34-39)42-31-38(21-23-47(42)72-36-50(67)59-29-27-57)32-44(45(64)20-18-26-56)61-52(68)37(2)30-46(51)65/h21-24,31,34,37,40,44,51H,7-20,25,28-30,32-33,35-36H2,1-6H3,(H2,58,66)(H,59,67)(H,60,70)(H,61,68)/t37-,40-,44+,51+/m1/s1. The molecule has 0 unspecified atom stereocenters. The van der Waals surface area contributed by atoms with E-state index in [9.17, 15) is 43.6 Å². The van der Waals surface area contributed by atoms with Crippen molar-refractivity contribution in [3.63, 3.8) is 0 Å². The molecule has 0 saturated heterocycles. The molecule has 1 heterocycles. The molecule has 0 aliphatic carbocycles. The van der Waals surface area contributed by atoms with E-state index in [0.29, 0.717) is 12.0 Å². The molecule has 18 nitrogen and oxygen atoms in total. The van der Waals surface area contributed by atoms with E-state index >= 15 is 0 Å². The number of Topliss-reactive ketones (excluding diaryl/α,β-unsaturated/α-hetero) is 3. The van der Waals surface area contributed by atoms with Gasteiger partial charge in [-0.2, -0.15) is 10.5 Å². The van der Waals surface area contributed by atoms with Gasteiger partial charge < -0.3 is 40.8 Å². The van der Waals surface area contributed by atoms with Crippen LogP contribution in [0.2, 0.25) is 0 Å². The Labute approximate surface area is 430 Å². The fourth-order valence-corrected chi connectivity index (χ4v) is 8.61. The maximum atomic E-state index is 15.0. The van der Waals surface area contributed by atoms with Crippen LogP contribution in [0.5, 0.6) is 11.5 Å². The monoisotopic (exact) mass is 1010 g/mol. The van der Waals surface area contributed by atoms with Crippen LogP contribution in [0.15, 0.2) is 36.4 Å². The number of ether oxygens (including phenoxy) is 3. The quantitative estimate of drug-likeness (QED) is 0.0456. The van der Waals surface area contributed by atoms with Gasteiger partial charge in [-0.05, 0) is 75.4 Å². The number of unbranched alkanes of at least 4 members (excludes halogenated alkanes) is 10. The summed E-state index contributed by atoms with van der Waals surface area (Å²) >= 11 is 0. The maximum absolute atomic E-state index is 15.0. The molecule has 18 heteroatoms. The number of nitriles is 2.